The molecule has 0 saturated heterocycles. The zero-order valence-corrected chi connectivity index (χ0v) is 9.83. The molecule has 0 spiro atoms. The Morgan fingerprint density at radius 3 is 2.83 bits per heavy atom. The van der Waals surface area contributed by atoms with Gasteiger partial charge in [0.05, 0.1) is 6.61 Å². The van der Waals surface area contributed by atoms with E-state index in [1.54, 1.807) is 19.1 Å². The number of benzene rings is 1. The van der Waals surface area contributed by atoms with Crippen molar-refractivity contribution in [2.24, 2.45) is 0 Å². The molecule has 1 heterocycles. The maximum atomic E-state index is 11.3. The topological polar surface area (TPSA) is 85.2 Å². The number of hydrogen-bond acceptors (Lipinski definition) is 6. The van der Waals surface area contributed by atoms with E-state index in [0.29, 0.717) is 17.1 Å². The SMILES string of the molecule is CCOC(=O)[C@H](O)[C@@H](O)c1ccc2c(c1)OCO2. The number of carbonyl (C=O) groups is 1. The maximum Gasteiger partial charge on any atom is 0.338 e. The Morgan fingerprint density at radius 1 is 1.39 bits per heavy atom. The third-order valence-electron chi connectivity index (χ3n) is 2.57. The fourth-order valence-electron chi connectivity index (χ4n) is 1.64. The minimum absolute atomic E-state index is 0.120. The summed E-state index contributed by atoms with van der Waals surface area (Å²) in [5, 5.41) is 19.5. The Kier molecular flexibility index (Phi) is 3.69. The van der Waals surface area contributed by atoms with Crippen molar-refractivity contribution in [3.63, 3.8) is 0 Å². The van der Waals surface area contributed by atoms with Gasteiger partial charge in [-0.15, -0.1) is 0 Å². The van der Waals surface area contributed by atoms with Crippen molar-refractivity contribution in [2.75, 3.05) is 13.4 Å². The van der Waals surface area contributed by atoms with Crippen LogP contribution in [0.25, 0.3) is 0 Å². The highest BCUT2D eigenvalue weighted by Crippen LogP contribution is 2.34. The molecule has 0 saturated carbocycles. The molecule has 0 radical (unpaired) electrons. The minimum atomic E-state index is -1.62. The van der Waals surface area contributed by atoms with E-state index < -0.39 is 18.2 Å². The Bertz CT molecular complexity index is 444. The lowest BCUT2D eigenvalue weighted by Gasteiger charge is -2.16. The number of ether oxygens (including phenoxy) is 3. The summed E-state index contributed by atoms with van der Waals surface area (Å²) in [7, 11) is 0. The van der Waals surface area contributed by atoms with Gasteiger partial charge in [0.2, 0.25) is 6.79 Å². The molecular formula is C12H14O6. The molecule has 1 aliphatic heterocycles. The molecule has 18 heavy (non-hydrogen) atoms. The summed E-state index contributed by atoms with van der Waals surface area (Å²) >= 11 is 0. The Balaban J connectivity index is 2.13. The number of esters is 1. The number of carbonyl (C=O) groups excluding carboxylic acids is 1. The zero-order valence-electron chi connectivity index (χ0n) is 9.83. The molecule has 98 valence electrons. The van der Waals surface area contributed by atoms with E-state index in [1.165, 1.54) is 6.07 Å². The van der Waals surface area contributed by atoms with Crippen LogP contribution >= 0.6 is 0 Å². The van der Waals surface area contributed by atoms with E-state index in [2.05, 4.69) is 4.74 Å². The second kappa shape index (κ2) is 5.24. The van der Waals surface area contributed by atoms with Gasteiger partial charge in [-0.2, -0.15) is 0 Å². The van der Waals surface area contributed by atoms with Gasteiger partial charge in [0, 0.05) is 0 Å². The number of rotatable bonds is 4. The lowest BCUT2D eigenvalue weighted by Crippen LogP contribution is -2.29. The molecule has 0 unspecified atom stereocenters. The van der Waals surface area contributed by atoms with Gasteiger partial charge in [0.25, 0.3) is 0 Å². The van der Waals surface area contributed by atoms with Gasteiger partial charge in [0.15, 0.2) is 17.6 Å². The van der Waals surface area contributed by atoms with Crippen molar-refractivity contribution in [1.29, 1.82) is 0 Å². The summed E-state index contributed by atoms with van der Waals surface area (Å²) in [5.41, 5.74) is 0.361. The third kappa shape index (κ3) is 2.39. The second-order valence-corrected chi connectivity index (χ2v) is 3.75. The first-order valence-electron chi connectivity index (χ1n) is 5.55. The predicted molar refractivity (Wildman–Crippen MR) is 60.2 cm³/mol. The highest BCUT2D eigenvalue weighted by atomic mass is 16.7. The van der Waals surface area contributed by atoms with E-state index in [9.17, 15) is 15.0 Å². The first-order valence-corrected chi connectivity index (χ1v) is 5.55. The molecule has 0 aliphatic carbocycles. The Hall–Kier alpha value is -1.79. The van der Waals surface area contributed by atoms with Gasteiger partial charge in [-0.3, -0.25) is 0 Å². The largest absolute Gasteiger partial charge is 0.464 e. The molecule has 2 atom stereocenters. The third-order valence-corrected chi connectivity index (χ3v) is 2.57. The van der Waals surface area contributed by atoms with Gasteiger partial charge >= 0.3 is 5.97 Å². The maximum absolute atomic E-state index is 11.3. The minimum Gasteiger partial charge on any atom is -0.464 e. The number of hydrogen-bond donors (Lipinski definition) is 2. The van der Waals surface area contributed by atoms with Crippen molar-refractivity contribution in [3.8, 4) is 11.5 Å². The lowest BCUT2D eigenvalue weighted by molar-refractivity contribution is -0.159. The van der Waals surface area contributed by atoms with Gasteiger partial charge in [-0.25, -0.2) is 4.79 Å². The Labute approximate surface area is 104 Å². The first-order chi connectivity index (χ1) is 8.63. The van der Waals surface area contributed by atoms with Crippen LogP contribution in [0.2, 0.25) is 0 Å². The van der Waals surface area contributed by atoms with Gasteiger partial charge in [-0.1, -0.05) is 6.07 Å². The quantitative estimate of drug-likeness (QED) is 0.755. The highest BCUT2D eigenvalue weighted by Gasteiger charge is 2.28. The summed E-state index contributed by atoms with van der Waals surface area (Å²) in [5.74, 6) is 0.182. The average Bonchev–Trinajstić information content (AvgIpc) is 2.84. The molecule has 2 N–H and O–H groups in total. The lowest BCUT2D eigenvalue weighted by atomic mass is 10.0. The molecule has 6 nitrogen and oxygen atoms in total. The number of fused-ring (bicyclic) bond motifs is 1. The van der Waals surface area contributed by atoms with Crippen LogP contribution in [0.1, 0.15) is 18.6 Å². The fourth-order valence-corrected chi connectivity index (χ4v) is 1.64. The summed E-state index contributed by atoms with van der Waals surface area (Å²) in [6.07, 6.45) is -2.98. The van der Waals surface area contributed by atoms with Gasteiger partial charge in [0.1, 0.15) is 6.10 Å². The monoisotopic (exact) mass is 254 g/mol. The molecule has 1 aliphatic rings. The van der Waals surface area contributed by atoms with E-state index in [1.807, 2.05) is 0 Å². The van der Waals surface area contributed by atoms with Crippen LogP contribution in [-0.2, 0) is 9.53 Å². The average molecular weight is 254 g/mol. The molecule has 0 amide bonds. The van der Waals surface area contributed by atoms with Crippen molar-refractivity contribution in [1.82, 2.24) is 0 Å². The molecule has 2 rings (SSSR count). The van der Waals surface area contributed by atoms with E-state index in [4.69, 9.17) is 9.47 Å². The van der Waals surface area contributed by atoms with E-state index in [-0.39, 0.29) is 13.4 Å². The normalized spacial score (nSPS) is 16.2. The van der Waals surface area contributed by atoms with Gasteiger partial charge in [-0.05, 0) is 24.6 Å². The van der Waals surface area contributed by atoms with Crippen LogP contribution in [0.15, 0.2) is 18.2 Å². The van der Waals surface area contributed by atoms with E-state index >= 15 is 0 Å². The van der Waals surface area contributed by atoms with Crippen molar-refractivity contribution >= 4 is 5.97 Å². The molecule has 1 aromatic carbocycles. The van der Waals surface area contributed by atoms with Crippen LogP contribution < -0.4 is 9.47 Å². The van der Waals surface area contributed by atoms with Crippen molar-refractivity contribution < 1.29 is 29.2 Å². The van der Waals surface area contributed by atoms with E-state index in [0.717, 1.165) is 0 Å². The molecular weight excluding hydrogens is 240 g/mol. The number of aliphatic hydroxyl groups is 2. The molecule has 6 heteroatoms. The second-order valence-electron chi connectivity index (χ2n) is 3.75. The summed E-state index contributed by atoms with van der Waals surface area (Å²) in [6.45, 7) is 1.89. The number of aliphatic hydroxyl groups excluding tert-OH is 2. The molecule has 0 aromatic heterocycles. The Morgan fingerprint density at radius 2 is 2.11 bits per heavy atom. The molecule has 0 fully saturated rings. The van der Waals surface area contributed by atoms with Crippen LogP contribution in [-0.4, -0.2) is 35.7 Å². The summed E-state index contributed by atoms with van der Waals surface area (Å²) < 4.78 is 14.9. The van der Waals surface area contributed by atoms with Crippen LogP contribution in [0, 0.1) is 0 Å². The molecule has 0 bridgehead atoms. The van der Waals surface area contributed by atoms with Gasteiger partial charge < -0.3 is 24.4 Å². The highest BCUT2D eigenvalue weighted by molar-refractivity contribution is 5.75. The van der Waals surface area contributed by atoms with Crippen LogP contribution in [0.3, 0.4) is 0 Å². The van der Waals surface area contributed by atoms with Crippen LogP contribution in [0.5, 0.6) is 11.5 Å². The first kappa shape index (κ1) is 12.7. The summed E-state index contributed by atoms with van der Waals surface area (Å²) in [6, 6.07) is 4.69. The standard InChI is InChI=1S/C12H14O6/c1-2-16-12(15)11(14)10(13)7-3-4-8-9(5-7)18-6-17-8/h3-5,10-11,13-14H,2,6H2,1H3/t10-,11+/m0/s1. The fraction of sp³-hybridized carbons (Fsp3) is 0.417. The molecule has 1 aromatic rings. The van der Waals surface area contributed by atoms with Crippen LogP contribution in [0.4, 0.5) is 0 Å². The van der Waals surface area contributed by atoms with Crippen molar-refractivity contribution in [2.45, 2.75) is 19.1 Å². The smallest absolute Gasteiger partial charge is 0.338 e. The summed E-state index contributed by atoms with van der Waals surface area (Å²) in [4.78, 5) is 11.3. The van der Waals surface area contributed by atoms with Crippen molar-refractivity contribution in [3.05, 3.63) is 23.8 Å². The predicted octanol–water partition coefficient (Wildman–Crippen LogP) is 0.373. The zero-order chi connectivity index (χ0) is 13.1.